The molecule has 4 heteroatoms. The van der Waals surface area contributed by atoms with Gasteiger partial charge >= 0.3 is 5.97 Å². The van der Waals surface area contributed by atoms with E-state index in [1.54, 1.807) is 19.2 Å². The molecule has 1 heterocycles. The van der Waals surface area contributed by atoms with E-state index in [-0.39, 0.29) is 5.97 Å². The van der Waals surface area contributed by atoms with Crippen molar-refractivity contribution in [3.05, 3.63) is 23.8 Å². The van der Waals surface area contributed by atoms with E-state index in [0.717, 1.165) is 24.6 Å². The van der Waals surface area contributed by atoms with Crippen molar-refractivity contribution in [1.82, 2.24) is 9.97 Å². The highest BCUT2D eigenvalue weighted by Gasteiger charge is 2.23. The number of carbonyl (C=O) groups excluding carboxylic acids is 1. The van der Waals surface area contributed by atoms with Crippen LogP contribution in [-0.2, 0) is 4.74 Å². The SMILES string of the molecule is CCOC(=O)c1ccnc(C2CCCC(C)C2)n1. The van der Waals surface area contributed by atoms with Crippen LogP contribution in [0.5, 0.6) is 0 Å². The number of carbonyl (C=O) groups is 1. The highest BCUT2D eigenvalue weighted by molar-refractivity contribution is 5.87. The van der Waals surface area contributed by atoms with Gasteiger partial charge in [-0.1, -0.05) is 19.8 Å². The molecule has 0 bridgehead atoms. The van der Waals surface area contributed by atoms with E-state index >= 15 is 0 Å². The minimum absolute atomic E-state index is 0.356. The number of hydrogen-bond acceptors (Lipinski definition) is 4. The van der Waals surface area contributed by atoms with E-state index < -0.39 is 0 Å². The van der Waals surface area contributed by atoms with Crippen LogP contribution in [0.4, 0.5) is 0 Å². The third kappa shape index (κ3) is 3.06. The Morgan fingerprint density at radius 2 is 2.33 bits per heavy atom. The Morgan fingerprint density at radius 3 is 3.06 bits per heavy atom. The van der Waals surface area contributed by atoms with Crippen LogP contribution < -0.4 is 0 Å². The lowest BCUT2D eigenvalue weighted by molar-refractivity contribution is 0.0518. The zero-order valence-electron chi connectivity index (χ0n) is 11.1. The van der Waals surface area contributed by atoms with Crippen molar-refractivity contribution in [1.29, 1.82) is 0 Å². The Balaban J connectivity index is 2.13. The summed E-state index contributed by atoms with van der Waals surface area (Å²) in [4.78, 5) is 20.3. The first-order valence-corrected chi connectivity index (χ1v) is 6.70. The van der Waals surface area contributed by atoms with E-state index in [4.69, 9.17) is 4.74 Å². The van der Waals surface area contributed by atoms with Crippen LogP contribution in [0.1, 0.15) is 61.8 Å². The van der Waals surface area contributed by atoms with Gasteiger partial charge in [-0.05, 0) is 31.7 Å². The molecule has 2 atom stereocenters. The van der Waals surface area contributed by atoms with Crippen molar-refractivity contribution in [2.75, 3.05) is 6.61 Å². The van der Waals surface area contributed by atoms with E-state index in [2.05, 4.69) is 16.9 Å². The Bertz CT molecular complexity index is 420. The molecule has 4 nitrogen and oxygen atoms in total. The first-order valence-electron chi connectivity index (χ1n) is 6.70. The van der Waals surface area contributed by atoms with Crippen LogP contribution in [0.25, 0.3) is 0 Å². The van der Waals surface area contributed by atoms with Crippen molar-refractivity contribution in [3.63, 3.8) is 0 Å². The zero-order valence-corrected chi connectivity index (χ0v) is 11.1. The molecule has 2 unspecified atom stereocenters. The Morgan fingerprint density at radius 1 is 1.50 bits per heavy atom. The van der Waals surface area contributed by atoms with Gasteiger partial charge in [-0.3, -0.25) is 0 Å². The summed E-state index contributed by atoms with van der Waals surface area (Å²) in [6, 6.07) is 1.62. The van der Waals surface area contributed by atoms with Crippen LogP contribution in [0.2, 0.25) is 0 Å². The normalized spacial score (nSPS) is 23.7. The molecule has 1 aromatic rings. The second kappa shape index (κ2) is 5.94. The van der Waals surface area contributed by atoms with Gasteiger partial charge in [0, 0.05) is 12.1 Å². The molecule has 0 aromatic carbocycles. The number of hydrogen-bond donors (Lipinski definition) is 0. The molecule has 2 rings (SSSR count). The predicted molar refractivity (Wildman–Crippen MR) is 68.4 cm³/mol. The lowest BCUT2D eigenvalue weighted by atomic mass is 9.82. The molecule has 18 heavy (non-hydrogen) atoms. The molecule has 1 fully saturated rings. The van der Waals surface area contributed by atoms with Gasteiger partial charge in [0.1, 0.15) is 5.82 Å². The van der Waals surface area contributed by atoms with Gasteiger partial charge in [0.25, 0.3) is 0 Å². The van der Waals surface area contributed by atoms with Crippen molar-refractivity contribution < 1.29 is 9.53 Å². The number of aromatic nitrogens is 2. The van der Waals surface area contributed by atoms with Gasteiger partial charge in [-0.15, -0.1) is 0 Å². The molecule has 0 spiro atoms. The van der Waals surface area contributed by atoms with Gasteiger partial charge in [-0.25, -0.2) is 14.8 Å². The molecule has 1 aliphatic carbocycles. The van der Waals surface area contributed by atoms with Crippen LogP contribution in [0, 0.1) is 5.92 Å². The molecular formula is C14H20N2O2. The molecule has 0 saturated heterocycles. The van der Waals surface area contributed by atoms with Crippen LogP contribution in [0.3, 0.4) is 0 Å². The molecule has 0 aliphatic heterocycles. The van der Waals surface area contributed by atoms with Gasteiger partial charge < -0.3 is 4.74 Å². The third-order valence-corrected chi connectivity index (χ3v) is 3.46. The van der Waals surface area contributed by atoms with Crippen LogP contribution in [0.15, 0.2) is 12.3 Å². The summed E-state index contributed by atoms with van der Waals surface area (Å²) < 4.78 is 4.96. The molecule has 0 radical (unpaired) electrons. The van der Waals surface area contributed by atoms with Crippen molar-refractivity contribution in [3.8, 4) is 0 Å². The lowest BCUT2D eigenvalue weighted by Crippen LogP contribution is -2.16. The lowest BCUT2D eigenvalue weighted by Gasteiger charge is -2.25. The number of ether oxygens (including phenoxy) is 1. The van der Waals surface area contributed by atoms with Crippen molar-refractivity contribution in [2.45, 2.75) is 45.4 Å². The minimum Gasteiger partial charge on any atom is -0.461 e. The van der Waals surface area contributed by atoms with Crippen molar-refractivity contribution in [2.24, 2.45) is 5.92 Å². The standard InChI is InChI=1S/C14H20N2O2/c1-3-18-14(17)12-7-8-15-13(16-12)11-6-4-5-10(2)9-11/h7-8,10-11H,3-6,9H2,1-2H3. The Labute approximate surface area is 108 Å². The van der Waals surface area contributed by atoms with Gasteiger partial charge in [0.15, 0.2) is 5.69 Å². The average Bonchev–Trinajstić information content (AvgIpc) is 2.39. The Hall–Kier alpha value is -1.45. The number of rotatable bonds is 3. The molecule has 1 aromatic heterocycles. The van der Waals surface area contributed by atoms with Gasteiger partial charge in [-0.2, -0.15) is 0 Å². The number of nitrogens with zero attached hydrogens (tertiary/aromatic N) is 2. The maximum absolute atomic E-state index is 11.6. The second-order valence-electron chi connectivity index (χ2n) is 4.99. The molecule has 0 amide bonds. The first kappa shape index (κ1) is 13.0. The quantitative estimate of drug-likeness (QED) is 0.772. The fourth-order valence-electron chi connectivity index (χ4n) is 2.56. The predicted octanol–water partition coefficient (Wildman–Crippen LogP) is 2.95. The molecule has 1 aliphatic rings. The van der Waals surface area contributed by atoms with E-state index in [1.807, 2.05) is 0 Å². The smallest absolute Gasteiger partial charge is 0.357 e. The molecule has 1 saturated carbocycles. The van der Waals surface area contributed by atoms with Crippen molar-refractivity contribution >= 4 is 5.97 Å². The maximum atomic E-state index is 11.6. The third-order valence-electron chi connectivity index (χ3n) is 3.46. The molecule has 98 valence electrons. The highest BCUT2D eigenvalue weighted by atomic mass is 16.5. The average molecular weight is 248 g/mol. The zero-order chi connectivity index (χ0) is 13.0. The summed E-state index contributed by atoms with van der Waals surface area (Å²) in [5, 5.41) is 0. The summed E-state index contributed by atoms with van der Waals surface area (Å²) in [6.07, 6.45) is 6.41. The summed E-state index contributed by atoms with van der Waals surface area (Å²) in [5.41, 5.74) is 0.375. The maximum Gasteiger partial charge on any atom is 0.357 e. The van der Waals surface area contributed by atoms with Gasteiger partial charge in [0.2, 0.25) is 0 Å². The fraction of sp³-hybridized carbons (Fsp3) is 0.643. The summed E-state index contributed by atoms with van der Waals surface area (Å²) >= 11 is 0. The van der Waals surface area contributed by atoms with E-state index in [9.17, 15) is 4.79 Å². The summed E-state index contributed by atoms with van der Waals surface area (Å²) in [5.74, 6) is 1.55. The largest absolute Gasteiger partial charge is 0.461 e. The molecular weight excluding hydrogens is 228 g/mol. The fourth-order valence-corrected chi connectivity index (χ4v) is 2.56. The minimum atomic E-state index is -0.356. The number of esters is 1. The summed E-state index contributed by atoms with van der Waals surface area (Å²) in [6.45, 7) is 4.43. The van der Waals surface area contributed by atoms with E-state index in [0.29, 0.717) is 18.2 Å². The topological polar surface area (TPSA) is 52.1 Å². The van der Waals surface area contributed by atoms with Crippen LogP contribution >= 0.6 is 0 Å². The highest BCUT2D eigenvalue weighted by Crippen LogP contribution is 2.34. The molecule has 0 N–H and O–H groups in total. The Kier molecular flexibility index (Phi) is 4.28. The van der Waals surface area contributed by atoms with Gasteiger partial charge in [0.05, 0.1) is 6.61 Å². The summed E-state index contributed by atoms with van der Waals surface area (Å²) in [7, 11) is 0. The first-order chi connectivity index (χ1) is 8.70. The van der Waals surface area contributed by atoms with Crippen LogP contribution in [-0.4, -0.2) is 22.5 Å². The monoisotopic (exact) mass is 248 g/mol. The van der Waals surface area contributed by atoms with E-state index in [1.165, 1.54) is 12.8 Å². The second-order valence-corrected chi connectivity index (χ2v) is 4.99.